The van der Waals surface area contributed by atoms with Crippen LogP contribution >= 0.6 is 0 Å². The van der Waals surface area contributed by atoms with Crippen molar-refractivity contribution in [1.29, 1.82) is 0 Å². The Bertz CT molecular complexity index is 662. The molecule has 1 aliphatic carbocycles. The van der Waals surface area contributed by atoms with Crippen LogP contribution in [0.1, 0.15) is 40.7 Å². The zero-order valence-corrected chi connectivity index (χ0v) is 13.3. The molecule has 0 spiro atoms. The van der Waals surface area contributed by atoms with Crippen LogP contribution in [0.2, 0.25) is 0 Å². The van der Waals surface area contributed by atoms with Crippen LogP contribution in [0.5, 0.6) is 0 Å². The van der Waals surface area contributed by atoms with Gasteiger partial charge in [-0.05, 0) is 49.3 Å². The van der Waals surface area contributed by atoms with Gasteiger partial charge < -0.3 is 10.4 Å². The quantitative estimate of drug-likeness (QED) is 0.861. The maximum atomic E-state index is 12.4. The molecule has 0 aliphatic heterocycles. The van der Waals surface area contributed by atoms with Crippen LogP contribution in [0.25, 0.3) is 0 Å². The Hall–Kier alpha value is -2.13. The molecule has 0 saturated heterocycles. The summed E-state index contributed by atoms with van der Waals surface area (Å²) in [5.74, 6) is -0.0889. The summed E-state index contributed by atoms with van der Waals surface area (Å²) in [6, 6.07) is 18.0. The lowest BCUT2D eigenvalue weighted by molar-refractivity contribution is -0.0300. The van der Waals surface area contributed by atoms with Gasteiger partial charge in [0.25, 0.3) is 5.91 Å². The fraction of sp³-hybridized carbons (Fsp3) is 0.350. The number of amides is 1. The van der Waals surface area contributed by atoms with Gasteiger partial charge in [-0.15, -0.1) is 0 Å². The van der Waals surface area contributed by atoms with Crippen molar-refractivity contribution in [2.45, 2.75) is 37.7 Å². The Balaban J connectivity index is 1.63. The fourth-order valence-electron chi connectivity index (χ4n) is 2.99. The molecule has 3 rings (SSSR count). The van der Waals surface area contributed by atoms with E-state index in [1.807, 2.05) is 42.5 Å². The molecule has 0 bridgehead atoms. The van der Waals surface area contributed by atoms with Crippen molar-refractivity contribution >= 4 is 5.91 Å². The van der Waals surface area contributed by atoms with Crippen molar-refractivity contribution in [3.05, 3.63) is 71.3 Å². The Morgan fingerprint density at radius 2 is 1.70 bits per heavy atom. The first kappa shape index (κ1) is 15.8. The lowest BCUT2D eigenvalue weighted by Gasteiger charge is -2.36. The third kappa shape index (κ3) is 3.99. The first-order valence-electron chi connectivity index (χ1n) is 8.29. The molecule has 2 N–H and O–H groups in total. The highest BCUT2D eigenvalue weighted by molar-refractivity contribution is 5.95. The van der Waals surface area contributed by atoms with E-state index in [-0.39, 0.29) is 5.91 Å². The largest absolute Gasteiger partial charge is 0.388 e. The third-order valence-electron chi connectivity index (χ3n) is 4.65. The number of hydrogen-bond acceptors (Lipinski definition) is 2. The van der Waals surface area contributed by atoms with Crippen molar-refractivity contribution < 1.29 is 9.90 Å². The molecule has 2 aromatic rings. The molecule has 1 fully saturated rings. The maximum absolute atomic E-state index is 12.4. The average Bonchev–Trinajstić information content (AvgIpc) is 2.57. The minimum absolute atomic E-state index is 0.0889. The first-order chi connectivity index (χ1) is 11.2. The molecule has 1 saturated carbocycles. The van der Waals surface area contributed by atoms with Gasteiger partial charge in [0.1, 0.15) is 0 Å². The molecule has 0 radical (unpaired) electrons. The summed E-state index contributed by atoms with van der Waals surface area (Å²) >= 11 is 0. The number of carbonyl (C=O) groups is 1. The molecule has 2 aromatic carbocycles. The monoisotopic (exact) mass is 309 g/mol. The van der Waals surface area contributed by atoms with Gasteiger partial charge in [-0.3, -0.25) is 4.79 Å². The molecule has 1 amide bonds. The van der Waals surface area contributed by atoms with Gasteiger partial charge in [0.05, 0.1) is 5.60 Å². The van der Waals surface area contributed by atoms with E-state index in [1.165, 1.54) is 5.56 Å². The van der Waals surface area contributed by atoms with E-state index >= 15 is 0 Å². The van der Waals surface area contributed by atoms with Gasteiger partial charge in [-0.25, -0.2) is 0 Å². The minimum Gasteiger partial charge on any atom is -0.388 e. The molecule has 3 heteroatoms. The molecule has 0 atom stereocenters. The SMILES string of the molecule is O=C(NCC1(O)CCC1)c1ccccc1CCc1ccccc1. The lowest BCUT2D eigenvalue weighted by atomic mass is 9.80. The lowest BCUT2D eigenvalue weighted by Crippen LogP contribution is -2.47. The number of nitrogens with one attached hydrogen (secondary N) is 1. The summed E-state index contributed by atoms with van der Waals surface area (Å²) in [5.41, 5.74) is 2.35. The Kier molecular flexibility index (Phi) is 4.77. The zero-order chi connectivity index (χ0) is 16.1. The second kappa shape index (κ2) is 6.97. The zero-order valence-electron chi connectivity index (χ0n) is 13.3. The summed E-state index contributed by atoms with van der Waals surface area (Å²) in [7, 11) is 0. The summed E-state index contributed by atoms with van der Waals surface area (Å²) in [6.45, 7) is 0.346. The molecule has 3 nitrogen and oxygen atoms in total. The Morgan fingerprint density at radius 1 is 1.00 bits per heavy atom. The van der Waals surface area contributed by atoms with Crippen molar-refractivity contribution in [3.63, 3.8) is 0 Å². The maximum Gasteiger partial charge on any atom is 0.251 e. The highest BCUT2D eigenvalue weighted by Crippen LogP contribution is 2.30. The van der Waals surface area contributed by atoms with E-state index in [0.29, 0.717) is 12.1 Å². The van der Waals surface area contributed by atoms with Gasteiger partial charge in [0, 0.05) is 12.1 Å². The van der Waals surface area contributed by atoms with Crippen molar-refractivity contribution in [2.75, 3.05) is 6.54 Å². The standard InChI is InChI=1S/C20H23NO2/c22-19(21-15-20(23)13-6-14-20)18-10-5-4-9-17(18)12-11-16-7-2-1-3-8-16/h1-5,7-10,23H,6,11-15H2,(H,21,22). The highest BCUT2D eigenvalue weighted by Gasteiger charge is 2.34. The van der Waals surface area contributed by atoms with Crippen LogP contribution < -0.4 is 5.32 Å². The first-order valence-corrected chi connectivity index (χ1v) is 8.29. The van der Waals surface area contributed by atoms with Crippen molar-refractivity contribution in [1.82, 2.24) is 5.32 Å². The van der Waals surface area contributed by atoms with Gasteiger partial charge in [-0.2, -0.15) is 0 Å². The molecule has 23 heavy (non-hydrogen) atoms. The van der Waals surface area contributed by atoms with E-state index in [2.05, 4.69) is 17.4 Å². The van der Waals surface area contributed by atoms with Gasteiger partial charge in [0.15, 0.2) is 0 Å². The van der Waals surface area contributed by atoms with Crippen molar-refractivity contribution in [2.24, 2.45) is 0 Å². The number of aliphatic hydroxyl groups is 1. The van der Waals surface area contributed by atoms with Gasteiger partial charge in [-0.1, -0.05) is 48.5 Å². The Labute approximate surface area is 137 Å². The highest BCUT2D eigenvalue weighted by atomic mass is 16.3. The van der Waals surface area contributed by atoms with E-state index in [9.17, 15) is 9.90 Å². The van der Waals surface area contributed by atoms with Gasteiger partial charge in [0.2, 0.25) is 0 Å². The topological polar surface area (TPSA) is 49.3 Å². The predicted octanol–water partition coefficient (Wildman–Crippen LogP) is 3.12. The second-order valence-electron chi connectivity index (χ2n) is 6.40. The molecular weight excluding hydrogens is 286 g/mol. The number of benzene rings is 2. The van der Waals surface area contributed by atoms with E-state index in [4.69, 9.17) is 0 Å². The summed E-state index contributed by atoms with van der Waals surface area (Å²) < 4.78 is 0. The number of aryl methyl sites for hydroxylation is 2. The minimum atomic E-state index is -0.686. The van der Waals surface area contributed by atoms with E-state index in [1.54, 1.807) is 0 Å². The molecular formula is C20H23NO2. The number of hydrogen-bond donors (Lipinski definition) is 2. The smallest absolute Gasteiger partial charge is 0.251 e. The molecule has 0 aromatic heterocycles. The third-order valence-corrected chi connectivity index (χ3v) is 4.65. The fourth-order valence-corrected chi connectivity index (χ4v) is 2.99. The molecule has 0 unspecified atom stereocenters. The number of rotatable bonds is 6. The summed E-state index contributed by atoms with van der Waals surface area (Å²) in [6.07, 6.45) is 4.35. The summed E-state index contributed by atoms with van der Waals surface area (Å²) in [4.78, 5) is 12.4. The van der Waals surface area contributed by atoms with E-state index in [0.717, 1.165) is 37.7 Å². The average molecular weight is 309 g/mol. The van der Waals surface area contributed by atoms with Crippen molar-refractivity contribution in [3.8, 4) is 0 Å². The molecule has 1 aliphatic rings. The molecule has 120 valence electrons. The molecule has 0 heterocycles. The van der Waals surface area contributed by atoms with Crippen LogP contribution in [-0.4, -0.2) is 23.2 Å². The summed E-state index contributed by atoms with van der Waals surface area (Å²) in [5, 5.41) is 13.0. The van der Waals surface area contributed by atoms with Crippen LogP contribution in [0.3, 0.4) is 0 Å². The van der Waals surface area contributed by atoms with Crippen LogP contribution in [0.4, 0.5) is 0 Å². The van der Waals surface area contributed by atoms with E-state index < -0.39 is 5.60 Å². The second-order valence-corrected chi connectivity index (χ2v) is 6.40. The van der Waals surface area contributed by atoms with Crippen LogP contribution in [0, 0.1) is 0 Å². The Morgan fingerprint density at radius 3 is 2.39 bits per heavy atom. The normalized spacial score (nSPS) is 15.7. The predicted molar refractivity (Wildman–Crippen MR) is 91.4 cm³/mol. The van der Waals surface area contributed by atoms with Crippen LogP contribution in [-0.2, 0) is 12.8 Å². The van der Waals surface area contributed by atoms with Crippen LogP contribution in [0.15, 0.2) is 54.6 Å². The van der Waals surface area contributed by atoms with Gasteiger partial charge >= 0.3 is 0 Å². The number of carbonyl (C=O) groups excluding carboxylic acids is 1.